The van der Waals surface area contributed by atoms with Gasteiger partial charge in [-0.05, 0) is 40.3 Å². The van der Waals surface area contributed by atoms with E-state index < -0.39 is 0 Å². The van der Waals surface area contributed by atoms with Gasteiger partial charge in [-0.15, -0.1) is 0 Å². The van der Waals surface area contributed by atoms with Crippen molar-refractivity contribution in [3.05, 3.63) is 0 Å². The molecule has 0 aromatic rings. The Hall–Kier alpha value is -0.0301. The first kappa shape index (κ1) is 20.0. The molecule has 0 spiro atoms. The minimum Gasteiger partial charge on any atom is -0.411 e. The second kappa shape index (κ2) is 15.4. The lowest BCUT2D eigenvalue weighted by molar-refractivity contribution is 0.211. The van der Waals surface area contributed by atoms with Gasteiger partial charge in [-0.25, -0.2) is 0 Å². The summed E-state index contributed by atoms with van der Waals surface area (Å²) in [6.07, 6.45) is 6.70. The van der Waals surface area contributed by atoms with Crippen LogP contribution in [0.25, 0.3) is 0 Å². The van der Waals surface area contributed by atoms with Gasteiger partial charge in [-0.3, -0.25) is 0 Å². The number of rotatable bonds is 15. The molecule has 0 heterocycles. The zero-order valence-corrected chi connectivity index (χ0v) is 13.9. The van der Waals surface area contributed by atoms with Crippen molar-refractivity contribution in [2.45, 2.75) is 66.0 Å². The molecule has 0 aliphatic carbocycles. The fourth-order valence-corrected chi connectivity index (χ4v) is 2.15. The third-order valence-electron chi connectivity index (χ3n) is 3.04. The molecule has 0 atom stereocenters. The highest BCUT2D eigenvalue weighted by Gasteiger charge is 2.17. The molecule has 20 heavy (non-hydrogen) atoms. The van der Waals surface area contributed by atoms with Crippen molar-refractivity contribution in [2.24, 2.45) is 0 Å². The van der Waals surface area contributed by atoms with Gasteiger partial charge in [0, 0.05) is 26.4 Å². The lowest BCUT2D eigenvalue weighted by Gasteiger charge is -2.13. The maximum absolute atomic E-state index is 5.53. The monoisotopic (exact) mass is 286 g/mol. The quantitative estimate of drug-likeness (QED) is 0.340. The molecule has 0 fully saturated rings. The average molecular weight is 286 g/mol. The molecule has 6 heteroatoms. The molecule has 0 unspecified atom stereocenters. The van der Waals surface area contributed by atoms with E-state index in [9.17, 15) is 0 Å². The van der Waals surface area contributed by atoms with E-state index in [-0.39, 0.29) is 14.2 Å². The van der Waals surface area contributed by atoms with E-state index in [2.05, 4.69) is 0 Å². The Morgan fingerprint density at radius 3 is 1.05 bits per heavy atom. The standard InChI is InChI=1S/C14H32B2O4/c1-5-17-15(18-6-2)13-11-9-10-12-14-16(19-7-3)20-8-4/h5-14H2,1-4H3. The first-order valence-electron chi connectivity index (χ1n) is 8.24. The fourth-order valence-electron chi connectivity index (χ4n) is 2.15. The van der Waals surface area contributed by atoms with Gasteiger partial charge in [0.2, 0.25) is 0 Å². The van der Waals surface area contributed by atoms with Gasteiger partial charge in [0.15, 0.2) is 0 Å². The van der Waals surface area contributed by atoms with Crippen LogP contribution < -0.4 is 0 Å². The van der Waals surface area contributed by atoms with Crippen LogP contribution in [0.15, 0.2) is 0 Å². The maximum Gasteiger partial charge on any atom is 0.456 e. The lowest BCUT2D eigenvalue weighted by atomic mass is 9.79. The molecule has 0 N–H and O–H groups in total. The third kappa shape index (κ3) is 11.8. The molecule has 0 amide bonds. The molecule has 0 saturated carbocycles. The van der Waals surface area contributed by atoms with Crippen LogP contribution in [0, 0.1) is 0 Å². The number of unbranched alkanes of at least 4 members (excludes halogenated alkanes) is 3. The Morgan fingerprint density at radius 2 is 0.800 bits per heavy atom. The van der Waals surface area contributed by atoms with Crippen LogP contribution in [0.3, 0.4) is 0 Å². The summed E-state index contributed by atoms with van der Waals surface area (Å²) in [5.74, 6) is 0. The van der Waals surface area contributed by atoms with E-state index in [1.54, 1.807) is 0 Å². The highest BCUT2D eigenvalue weighted by Crippen LogP contribution is 2.12. The summed E-state index contributed by atoms with van der Waals surface area (Å²) in [6, 6.07) is 0. The van der Waals surface area contributed by atoms with Crippen LogP contribution in [0.4, 0.5) is 0 Å². The topological polar surface area (TPSA) is 36.9 Å². The molecule has 0 aromatic carbocycles. The molecule has 0 bridgehead atoms. The van der Waals surface area contributed by atoms with Crippen LogP contribution in [-0.2, 0) is 18.6 Å². The highest BCUT2D eigenvalue weighted by atomic mass is 16.6. The van der Waals surface area contributed by atoms with E-state index in [0.29, 0.717) is 0 Å². The van der Waals surface area contributed by atoms with Gasteiger partial charge in [0.1, 0.15) is 0 Å². The smallest absolute Gasteiger partial charge is 0.411 e. The lowest BCUT2D eigenvalue weighted by Crippen LogP contribution is -2.23. The van der Waals surface area contributed by atoms with Gasteiger partial charge in [-0.2, -0.15) is 0 Å². The molecule has 0 aliphatic heterocycles. The van der Waals surface area contributed by atoms with E-state index in [4.69, 9.17) is 18.6 Å². The Labute approximate surface area is 126 Å². The molecule has 4 nitrogen and oxygen atoms in total. The van der Waals surface area contributed by atoms with Crippen molar-refractivity contribution in [3.63, 3.8) is 0 Å². The number of hydrogen-bond acceptors (Lipinski definition) is 4. The molecule has 0 saturated heterocycles. The van der Waals surface area contributed by atoms with Crippen LogP contribution in [0.1, 0.15) is 53.4 Å². The Kier molecular flexibility index (Phi) is 15.3. The van der Waals surface area contributed by atoms with Crippen LogP contribution in [0.2, 0.25) is 12.6 Å². The van der Waals surface area contributed by atoms with E-state index >= 15 is 0 Å². The van der Waals surface area contributed by atoms with Crippen molar-refractivity contribution in [1.29, 1.82) is 0 Å². The summed E-state index contributed by atoms with van der Waals surface area (Å²) < 4.78 is 22.1. The summed E-state index contributed by atoms with van der Waals surface area (Å²) in [5, 5.41) is 0. The highest BCUT2D eigenvalue weighted by molar-refractivity contribution is 6.44. The summed E-state index contributed by atoms with van der Waals surface area (Å²) in [7, 11) is -0.0470. The molecule has 118 valence electrons. The summed E-state index contributed by atoms with van der Waals surface area (Å²) in [5.41, 5.74) is 0. The van der Waals surface area contributed by atoms with Gasteiger partial charge < -0.3 is 18.6 Å². The SMILES string of the molecule is CCOB(CCCCCCB(OCC)OCC)OCC. The van der Waals surface area contributed by atoms with Crippen LogP contribution >= 0.6 is 0 Å². The molecule has 0 aliphatic rings. The summed E-state index contributed by atoms with van der Waals surface area (Å²) >= 11 is 0. The second-order valence-electron chi connectivity index (χ2n) is 4.67. The van der Waals surface area contributed by atoms with Crippen molar-refractivity contribution in [2.75, 3.05) is 26.4 Å². The molecule has 0 rings (SSSR count). The number of hydrogen-bond donors (Lipinski definition) is 0. The Balaban J connectivity index is 3.53. The van der Waals surface area contributed by atoms with Crippen LogP contribution in [0.5, 0.6) is 0 Å². The van der Waals surface area contributed by atoms with Gasteiger partial charge in [0.05, 0.1) is 0 Å². The predicted molar refractivity (Wildman–Crippen MR) is 86.1 cm³/mol. The van der Waals surface area contributed by atoms with Gasteiger partial charge in [0.25, 0.3) is 0 Å². The van der Waals surface area contributed by atoms with Crippen molar-refractivity contribution in [3.8, 4) is 0 Å². The average Bonchev–Trinajstić information content (AvgIpc) is 2.43. The first-order valence-corrected chi connectivity index (χ1v) is 8.24. The van der Waals surface area contributed by atoms with E-state index in [0.717, 1.165) is 51.9 Å². The maximum atomic E-state index is 5.53. The zero-order chi connectivity index (χ0) is 15.1. The Bertz CT molecular complexity index is 164. The minimum absolute atomic E-state index is 0.0235. The van der Waals surface area contributed by atoms with E-state index in [1.807, 2.05) is 27.7 Å². The molecular formula is C14H32B2O4. The predicted octanol–water partition coefficient (Wildman–Crippen LogP) is 3.67. The molecule has 0 aromatic heterocycles. The van der Waals surface area contributed by atoms with Crippen molar-refractivity contribution in [1.82, 2.24) is 0 Å². The normalized spacial score (nSPS) is 10.8. The zero-order valence-electron chi connectivity index (χ0n) is 13.9. The second-order valence-corrected chi connectivity index (χ2v) is 4.67. The summed E-state index contributed by atoms with van der Waals surface area (Å²) in [4.78, 5) is 0. The Morgan fingerprint density at radius 1 is 0.500 bits per heavy atom. The first-order chi connectivity index (χ1) is 9.78. The summed E-state index contributed by atoms with van der Waals surface area (Å²) in [6.45, 7) is 10.9. The fraction of sp³-hybridized carbons (Fsp3) is 1.00. The van der Waals surface area contributed by atoms with Gasteiger partial charge >= 0.3 is 14.2 Å². The largest absolute Gasteiger partial charge is 0.456 e. The van der Waals surface area contributed by atoms with Crippen molar-refractivity contribution < 1.29 is 18.6 Å². The van der Waals surface area contributed by atoms with E-state index in [1.165, 1.54) is 12.8 Å². The van der Waals surface area contributed by atoms with Gasteiger partial charge in [-0.1, -0.05) is 25.7 Å². The molecular weight excluding hydrogens is 254 g/mol. The van der Waals surface area contributed by atoms with Crippen LogP contribution in [-0.4, -0.2) is 40.7 Å². The minimum atomic E-state index is -0.0235. The van der Waals surface area contributed by atoms with Crippen molar-refractivity contribution >= 4 is 14.2 Å². The molecule has 0 radical (unpaired) electrons. The third-order valence-corrected chi connectivity index (χ3v) is 3.04.